The Morgan fingerprint density at radius 3 is 2.40 bits per heavy atom. The molecule has 0 spiro atoms. The van der Waals surface area contributed by atoms with Gasteiger partial charge in [-0.3, -0.25) is 15.0 Å². The maximum Gasteiger partial charge on any atom is 0.326 e. The smallest absolute Gasteiger partial charge is 0.326 e. The van der Waals surface area contributed by atoms with Gasteiger partial charge in [-0.05, 0) is 55.5 Å². The predicted molar refractivity (Wildman–Crippen MR) is 150 cm³/mol. The highest BCUT2D eigenvalue weighted by Crippen LogP contribution is 2.26. The van der Waals surface area contributed by atoms with E-state index in [4.69, 9.17) is 11.1 Å². The molecule has 2 aromatic carbocycles. The lowest BCUT2D eigenvalue weighted by atomic mass is 10.0. The van der Waals surface area contributed by atoms with Gasteiger partial charge in [0.15, 0.2) is 5.96 Å². The van der Waals surface area contributed by atoms with Crippen molar-refractivity contribution >= 4 is 39.5 Å². The Labute approximate surface area is 233 Å². The van der Waals surface area contributed by atoms with Crippen LogP contribution in [-0.4, -0.2) is 66.7 Å². The van der Waals surface area contributed by atoms with E-state index in [-0.39, 0.29) is 29.7 Å². The maximum atomic E-state index is 13.1. The lowest BCUT2D eigenvalue weighted by Gasteiger charge is -2.25. The van der Waals surface area contributed by atoms with Crippen LogP contribution in [0.2, 0.25) is 0 Å². The van der Waals surface area contributed by atoms with Crippen molar-refractivity contribution in [3.05, 3.63) is 60.2 Å². The van der Waals surface area contributed by atoms with E-state index >= 15 is 0 Å². The molecule has 2 amide bonds. The molecule has 0 aliphatic carbocycles. The molecule has 2 aromatic rings. The van der Waals surface area contributed by atoms with Crippen LogP contribution in [0.1, 0.15) is 44.1 Å². The zero-order chi connectivity index (χ0) is 29.1. The van der Waals surface area contributed by atoms with Crippen molar-refractivity contribution in [2.75, 3.05) is 18.4 Å². The van der Waals surface area contributed by atoms with Gasteiger partial charge < -0.3 is 26.8 Å². The van der Waals surface area contributed by atoms with Crippen LogP contribution in [0.4, 0.5) is 5.69 Å². The first-order valence-electron chi connectivity index (χ1n) is 13.1. The number of amides is 2. The molecule has 216 valence electrons. The fraction of sp³-hybridized carbons (Fsp3) is 0.407. The summed E-state index contributed by atoms with van der Waals surface area (Å²) in [5.41, 5.74) is 6.41. The predicted octanol–water partition coefficient (Wildman–Crippen LogP) is 1.63. The molecule has 40 heavy (non-hydrogen) atoms. The summed E-state index contributed by atoms with van der Waals surface area (Å²) < 4.78 is 27.3. The summed E-state index contributed by atoms with van der Waals surface area (Å²) in [4.78, 5) is 37.3. The van der Waals surface area contributed by atoms with E-state index in [2.05, 4.69) is 16.0 Å². The van der Waals surface area contributed by atoms with Crippen LogP contribution >= 0.6 is 0 Å². The molecule has 13 heteroatoms. The highest BCUT2D eigenvalue weighted by atomic mass is 32.2. The molecule has 0 saturated carbocycles. The van der Waals surface area contributed by atoms with E-state index in [0.29, 0.717) is 43.5 Å². The van der Waals surface area contributed by atoms with Crippen LogP contribution in [0, 0.1) is 5.41 Å². The van der Waals surface area contributed by atoms with Crippen LogP contribution in [0.5, 0.6) is 0 Å². The van der Waals surface area contributed by atoms with E-state index in [1.165, 1.54) is 12.1 Å². The lowest BCUT2D eigenvalue weighted by Crippen LogP contribution is -2.51. The van der Waals surface area contributed by atoms with E-state index in [0.717, 1.165) is 17.1 Å². The fourth-order valence-electron chi connectivity index (χ4n) is 4.48. The third-order valence-electron chi connectivity index (χ3n) is 6.54. The van der Waals surface area contributed by atoms with Crippen molar-refractivity contribution in [1.29, 1.82) is 5.41 Å². The van der Waals surface area contributed by atoms with Crippen molar-refractivity contribution in [1.82, 2.24) is 14.9 Å². The SMILES string of the molecule is N=C(N)NCCCCCC(=O)Nc1ccc(C[C@H](NC(=O)[C@@H]2CCCN2S(=O)(=O)c2ccccc2)C(=O)O)cc1. The van der Waals surface area contributed by atoms with Crippen molar-refractivity contribution < 1.29 is 27.9 Å². The Morgan fingerprint density at radius 2 is 1.75 bits per heavy atom. The molecule has 1 aliphatic rings. The number of aliphatic carboxylic acids is 1. The Bertz CT molecular complexity index is 1290. The first-order chi connectivity index (χ1) is 19.1. The Morgan fingerprint density at radius 1 is 1.05 bits per heavy atom. The van der Waals surface area contributed by atoms with Gasteiger partial charge in [0.1, 0.15) is 12.1 Å². The molecule has 0 unspecified atom stereocenters. The average Bonchev–Trinajstić information content (AvgIpc) is 3.43. The second-order valence-corrected chi connectivity index (χ2v) is 11.5. The summed E-state index contributed by atoms with van der Waals surface area (Å²) >= 11 is 0. The number of unbranched alkanes of at least 4 members (excludes halogenated alkanes) is 2. The monoisotopic (exact) mass is 572 g/mol. The van der Waals surface area contributed by atoms with Gasteiger partial charge in [-0.25, -0.2) is 13.2 Å². The summed E-state index contributed by atoms with van der Waals surface area (Å²) in [7, 11) is -3.90. The molecule has 0 bridgehead atoms. The highest BCUT2D eigenvalue weighted by molar-refractivity contribution is 7.89. The number of nitrogens with one attached hydrogen (secondary N) is 4. The summed E-state index contributed by atoms with van der Waals surface area (Å²) in [5, 5.41) is 24.9. The average molecular weight is 573 g/mol. The van der Waals surface area contributed by atoms with Gasteiger partial charge in [-0.15, -0.1) is 0 Å². The largest absolute Gasteiger partial charge is 0.480 e. The molecule has 1 aliphatic heterocycles. The number of benzene rings is 2. The Hall–Kier alpha value is -3.97. The molecule has 0 aromatic heterocycles. The summed E-state index contributed by atoms with van der Waals surface area (Å²) in [6, 6.07) is 12.3. The number of guanidine groups is 1. The molecular formula is C27H36N6O6S. The van der Waals surface area contributed by atoms with Gasteiger partial charge in [0, 0.05) is 31.6 Å². The van der Waals surface area contributed by atoms with E-state index in [9.17, 15) is 27.9 Å². The molecule has 12 nitrogen and oxygen atoms in total. The van der Waals surface area contributed by atoms with Crippen LogP contribution in [0.15, 0.2) is 59.5 Å². The van der Waals surface area contributed by atoms with Crippen molar-refractivity contribution in [2.45, 2.75) is 61.9 Å². The molecule has 1 saturated heterocycles. The van der Waals surface area contributed by atoms with Crippen LogP contribution < -0.4 is 21.7 Å². The minimum atomic E-state index is -3.90. The fourth-order valence-corrected chi connectivity index (χ4v) is 6.16. The quantitative estimate of drug-likeness (QED) is 0.112. The van der Waals surface area contributed by atoms with E-state index in [1.807, 2.05) is 0 Å². The molecule has 7 N–H and O–H groups in total. The summed E-state index contributed by atoms with van der Waals surface area (Å²) in [5.74, 6) is -2.10. The number of hydrogen-bond acceptors (Lipinski definition) is 6. The number of nitrogens with two attached hydrogens (primary N) is 1. The third-order valence-corrected chi connectivity index (χ3v) is 8.47. The molecule has 1 fully saturated rings. The molecule has 0 radical (unpaired) electrons. The minimum Gasteiger partial charge on any atom is -0.480 e. The Balaban J connectivity index is 1.53. The van der Waals surface area contributed by atoms with E-state index < -0.39 is 34.0 Å². The van der Waals surface area contributed by atoms with Gasteiger partial charge in [0.2, 0.25) is 21.8 Å². The number of sulfonamides is 1. The van der Waals surface area contributed by atoms with Crippen LogP contribution in [-0.2, 0) is 30.8 Å². The Kier molecular flexibility index (Phi) is 11.0. The second kappa shape index (κ2) is 14.4. The molecule has 2 atom stereocenters. The number of anilines is 1. The second-order valence-electron chi connectivity index (χ2n) is 9.59. The normalized spacial score (nSPS) is 16.1. The van der Waals surface area contributed by atoms with Crippen LogP contribution in [0.25, 0.3) is 0 Å². The number of carbonyl (C=O) groups excluding carboxylic acids is 2. The van der Waals surface area contributed by atoms with Gasteiger partial charge in [0.05, 0.1) is 4.90 Å². The number of carbonyl (C=O) groups is 3. The highest BCUT2D eigenvalue weighted by Gasteiger charge is 2.40. The number of nitrogens with zero attached hydrogens (tertiary/aromatic N) is 1. The van der Waals surface area contributed by atoms with Crippen molar-refractivity contribution in [3.63, 3.8) is 0 Å². The number of hydrogen-bond donors (Lipinski definition) is 6. The van der Waals surface area contributed by atoms with Gasteiger partial charge in [-0.2, -0.15) is 4.31 Å². The van der Waals surface area contributed by atoms with Gasteiger partial charge in [-0.1, -0.05) is 36.8 Å². The number of carboxylic acids is 1. The summed E-state index contributed by atoms with van der Waals surface area (Å²) in [6.07, 6.45) is 3.42. The molecule has 1 heterocycles. The standard InChI is InChI=1S/C27H36N6O6S/c28-27(29)30-16-6-2-5-11-24(34)31-20-14-12-19(13-15-20)18-22(26(36)37)32-25(35)23-10-7-17-33(23)40(38,39)21-8-3-1-4-9-21/h1,3-4,8-9,12-15,22-23H,2,5-7,10-11,16-18H2,(H,31,34)(H,32,35)(H,36,37)(H4,28,29,30)/t22-,23-/m0/s1. The van der Waals surface area contributed by atoms with Gasteiger partial charge >= 0.3 is 5.97 Å². The lowest BCUT2D eigenvalue weighted by molar-refractivity contribution is -0.142. The molecular weight excluding hydrogens is 536 g/mol. The number of rotatable bonds is 14. The first kappa shape index (κ1) is 30.6. The number of carboxylic acid groups (broad SMARTS) is 1. The minimum absolute atomic E-state index is 0.0121. The third kappa shape index (κ3) is 8.78. The van der Waals surface area contributed by atoms with E-state index in [1.54, 1.807) is 42.5 Å². The summed E-state index contributed by atoms with van der Waals surface area (Å²) in [6.45, 7) is 0.763. The zero-order valence-electron chi connectivity index (χ0n) is 22.1. The maximum absolute atomic E-state index is 13.1. The topological polar surface area (TPSA) is 195 Å². The first-order valence-corrected chi connectivity index (χ1v) is 14.6. The van der Waals surface area contributed by atoms with Crippen molar-refractivity contribution in [3.8, 4) is 0 Å². The molecule has 3 rings (SSSR count). The van der Waals surface area contributed by atoms with Crippen LogP contribution in [0.3, 0.4) is 0 Å². The van der Waals surface area contributed by atoms with Gasteiger partial charge in [0.25, 0.3) is 0 Å². The zero-order valence-corrected chi connectivity index (χ0v) is 23.0. The van der Waals surface area contributed by atoms with Crippen molar-refractivity contribution in [2.24, 2.45) is 5.73 Å².